The largest absolute Gasteiger partial charge is 0.489 e. The number of hydrogen-bond donors (Lipinski definition) is 0. The maximum atomic E-state index is 13.3. The van der Waals surface area contributed by atoms with Gasteiger partial charge in [0.1, 0.15) is 42.7 Å². The predicted molar refractivity (Wildman–Crippen MR) is 275 cm³/mol. The highest BCUT2D eigenvalue weighted by Crippen LogP contribution is 2.50. The van der Waals surface area contributed by atoms with Gasteiger partial charge in [-0.1, -0.05) is 35.4 Å². The molecule has 6 saturated heterocycles. The van der Waals surface area contributed by atoms with E-state index in [0.717, 1.165) is 68.2 Å². The molecule has 70 heavy (non-hydrogen) atoms. The predicted octanol–water partition coefficient (Wildman–Crippen LogP) is 10.6. The summed E-state index contributed by atoms with van der Waals surface area (Å²) < 4.78 is 31.9. The molecule has 0 unspecified atom stereocenters. The average molecular weight is 1150 g/mol. The van der Waals surface area contributed by atoms with E-state index in [1.165, 1.54) is 12.0 Å². The Bertz CT molecular complexity index is 2850. The highest BCUT2D eigenvalue weighted by molar-refractivity contribution is 9.10. The van der Waals surface area contributed by atoms with Crippen molar-refractivity contribution in [3.05, 3.63) is 48.6 Å². The fourth-order valence-electron chi connectivity index (χ4n) is 12.2. The van der Waals surface area contributed by atoms with Gasteiger partial charge in [-0.25, -0.2) is 14.6 Å². The summed E-state index contributed by atoms with van der Waals surface area (Å²) >= 11 is 26.7. The van der Waals surface area contributed by atoms with Crippen molar-refractivity contribution < 1.29 is 33.3 Å². The zero-order chi connectivity index (χ0) is 49.3. The van der Waals surface area contributed by atoms with Gasteiger partial charge in [-0.2, -0.15) is 15.0 Å². The lowest BCUT2D eigenvalue weighted by atomic mass is 9.94. The topological polar surface area (TPSA) is 148 Å². The number of carbonyl (C=O) groups is 2. The second kappa shape index (κ2) is 17.7. The van der Waals surface area contributed by atoms with Crippen molar-refractivity contribution in [3.8, 4) is 17.5 Å². The van der Waals surface area contributed by atoms with Crippen molar-refractivity contribution in [2.75, 3.05) is 55.8 Å². The molecule has 16 nitrogen and oxygen atoms in total. The SMILES string of the molecule is C=C1CN2CCC[C@@]2(COc2nc3c4c(c(Cl)c(Br)cc4n2)OC[C@@H]2[C@@H]4CC[C@H](CN32)N4C(=O)OC(C)(C)C)C1.CC(C)(C)OC(=O)N1[C@@H]2CC[C@H]1[C@H]1COc3c(Cl)c(Br)cc4nc(Cl)nc(c34)N1C2. The molecule has 0 radical (unpaired) electrons. The van der Waals surface area contributed by atoms with Gasteiger partial charge in [-0.05, 0) is 149 Å². The summed E-state index contributed by atoms with van der Waals surface area (Å²) in [6.07, 6.45) is 6.23. The summed E-state index contributed by atoms with van der Waals surface area (Å²) in [6.45, 7) is 20.1. The summed E-state index contributed by atoms with van der Waals surface area (Å²) in [5.41, 5.74) is 1.50. The molecule has 4 aromatic rings. The number of ether oxygens (including phenoxy) is 5. The summed E-state index contributed by atoms with van der Waals surface area (Å²) in [7, 11) is 0. The molecular formula is C49H56Br2Cl3N9O7. The Hall–Kier alpha value is -3.81. The molecule has 374 valence electrons. The number of benzene rings is 2. The van der Waals surface area contributed by atoms with E-state index in [-0.39, 0.29) is 59.3 Å². The van der Waals surface area contributed by atoms with Crippen LogP contribution in [0.5, 0.6) is 17.5 Å². The van der Waals surface area contributed by atoms with Gasteiger partial charge >= 0.3 is 18.2 Å². The third-order valence-electron chi connectivity index (χ3n) is 14.9. The Morgan fingerprint density at radius 1 is 0.757 bits per heavy atom. The molecule has 21 heteroatoms. The molecule has 0 spiro atoms. The molecule has 4 bridgehead atoms. The summed E-state index contributed by atoms with van der Waals surface area (Å²) in [4.78, 5) is 55.9. The van der Waals surface area contributed by atoms with E-state index < -0.39 is 11.2 Å². The Morgan fingerprint density at radius 2 is 1.27 bits per heavy atom. The zero-order valence-electron chi connectivity index (χ0n) is 40.0. The van der Waals surface area contributed by atoms with Crippen molar-refractivity contribution >= 4 is 112 Å². The number of hydrogen-bond acceptors (Lipinski definition) is 14. The van der Waals surface area contributed by atoms with Gasteiger partial charge < -0.3 is 33.5 Å². The first-order chi connectivity index (χ1) is 33.2. The molecule has 10 heterocycles. The number of nitrogens with zero attached hydrogens (tertiary/aromatic N) is 9. The zero-order valence-corrected chi connectivity index (χ0v) is 45.4. The van der Waals surface area contributed by atoms with Crippen LogP contribution < -0.4 is 24.0 Å². The summed E-state index contributed by atoms with van der Waals surface area (Å²) in [6, 6.07) is 3.84. The third-order valence-corrected chi connectivity index (χ3v) is 17.6. The molecule has 0 aliphatic carbocycles. The number of halogens is 5. The molecule has 12 rings (SSSR count). The highest BCUT2D eigenvalue weighted by atomic mass is 79.9. The van der Waals surface area contributed by atoms with Crippen molar-refractivity contribution in [1.82, 2.24) is 34.6 Å². The van der Waals surface area contributed by atoms with Gasteiger partial charge in [-0.15, -0.1) is 0 Å². The second-order valence-electron chi connectivity index (χ2n) is 21.8. The molecule has 2 aromatic heterocycles. The first-order valence-corrected chi connectivity index (χ1v) is 26.8. The van der Waals surface area contributed by atoms with E-state index in [1.54, 1.807) is 0 Å². The highest BCUT2D eigenvalue weighted by Gasteiger charge is 2.54. The maximum Gasteiger partial charge on any atom is 0.410 e. The van der Waals surface area contributed by atoms with Crippen LogP contribution in [0.3, 0.4) is 0 Å². The van der Waals surface area contributed by atoms with E-state index in [2.05, 4.69) is 63.1 Å². The summed E-state index contributed by atoms with van der Waals surface area (Å²) in [5, 5.41) is 2.66. The van der Waals surface area contributed by atoms with Crippen LogP contribution in [0.1, 0.15) is 86.5 Å². The van der Waals surface area contributed by atoms with Crippen LogP contribution in [-0.4, -0.2) is 146 Å². The molecule has 7 atom stereocenters. The van der Waals surface area contributed by atoms with E-state index in [9.17, 15) is 9.59 Å². The fourth-order valence-corrected chi connectivity index (χ4v) is 13.6. The van der Waals surface area contributed by atoms with Crippen LogP contribution in [0.4, 0.5) is 21.2 Å². The van der Waals surface area contributed by atoms with Crippen molar-refractivity contribution in [1.29, 1.82) is 0 Å². The standard InChI is InChI=1S/C29H35BrClN5O4.C20H21BrCl2N4O3/c1-16-11-29(8-5-9-34(29)12-16)15-39-26-32-19-10-18(30)23(31)24-22(19)25(33-26)35-13-17-6-7-20(21(35)14-38-24)36(17)27(37)40-28(2,3)4;1-20(2,3)30-19(28)27-9-4-5-12(27)13-8-29-16-14-11(6-10(21)15(16)22)24-18(23)25-17(14)26(13)7-9/h10,17,20-21H,1,5-9,11-15H2,2-4H3;6,9,12-13H,4-5,7-8H2,1-3H3/t17-,20+,21-,29+;9-,12+,13-/m11/s1. The quantitative estimate of drug-likeness (QED) is 0.141. The van der Waals surface area contributed by atoms with Crippen LogP contribution in [0.15, 0.2) is 33.2 Å². The monoisotopic (exact) mass is 1150 g/mol. The summed E-state index contributed by atoms with van der Waals surface area (Å²) in [5.74, 6) is 2.57. The smallest absolute Gasteiger partial charge is 0.410 e. The van der Waals surface area contributed by atoms with Crippen LogP contribution in [-0.2, 0) is 9.47 Å². The van der Waals surface area contributed by atoms with E-state index in [4.69, 9.17) is 68.5 Å². The molecule has 6 fully saturated rings. The normalized spacial score (nSPS) is 27.5. The molecule has 2 amide bonds. The Morgan fingerprint density at radius 3 is 1.80 bits per heavy atom. The van der Waals surface area contributed by atoms with Gasteiger partial charge in [0.2, 0.25) is 5.28 Å². The molecule has 0 saturated carbocycles. The number of anilines is 2. The number of fused-ring (bicyclic) bond motifs is 11. The van der Waals surface area contributed by atoms with Crippen LogP contribution >= 0.6 is 66.7 Å². The van der Waals surface area contributed by atoms with Gasteiger partial charge in [0, 0.05) is 28.6 Å². The molecule has 0 N–H and O–H groups in total. The van der Waals surface area contributed by atoms with Crippen molar-refractivity contribution in [2.45, 2.75) is 139 Å². The van der Waals surface area contributed by atoms with E-state index in [0.29, 0.717) is 86.3 Å². The first-order valence-electron chi connectivity index (χ1n) is 24.1. The van der Waals surface area contributed by atoms with Gasteiger partial charge in [0.15, 0.2) is 11.5 Å². The fraction of sp³-hybridized carbons (Fsp3) is 0.592. The number of amides is 2. The first kappa shape index (κ1) is 48.5. The molecule has 8 aliphatic heterocycles. The second-order valence-corrected chi connectivity index (χ2v) is 24.6. The molecule has 8 aliphatic rings. The third kappa shape index (κ3) is 8.45. The number of carbonyl (C=O) groups excluding carboxylic acids is 2. The lowest BCUT2D eigenvalue weighted by Gasteiger charge is -2.46. The van der Waals surface area contributed by atoms with Crippen molar-refractivity contribution in [2.24, 2.45) is 0 Å². The molecular weight excluding hydrogens is 1090 g/mol. The van der Waals surface area contributed by atoms with Crippen LogP contribution in [0, 0.1) is 0 Å². The van der Waals surface area contributed by atoms with Gasteiger partial charge in [0.25, 0.3) is 0 Å². The minimum atomic E-state index is -0.561. The lowest BCUT2D eigenvalue weighted by Crippen LogP contribution is -2.63. The Balaban J connectivity index is 0.000000159. The van der Waals surface area contributed by atoms with Crippen LogP contribution in [0.2, 0.25) is 15.3 Å². The van der Waals surface area contributed by atoms with Crippen molar-refractivity contribution in [3.63, 3.8) is 0 Å². The molecule has 2 aromatic carbocycles. The Labute approximate surface area is 438 Å². The number of aromatic nitrogens is 4. The lowest BCUT2D eigenvalue weighted by molar-refractivity contribution is 0.00437. The Kier molecular flexibility index (Phi) is 12.3. The minimum Gasteiger partial charge on any atom is -0.489 e. The average Bonchev–Trinajstić information content (AvgIpc) is 3.94. The van der Waals surface area contributed by atoms with Gasteiger partial charge in [0.05, 0.1) is 73.6 Å². The number of rotatable bonds is 3. The van der Waals surface area contributed by atoms with E-state index in [1.807, 2.05) is 63.5 Å². The van der Waals surface area contributed by atoms with Crippen LogP contribution in [0.25, 0.3) is 21.8 Å². The minimum absolute atomic E-state index is 0.0217. The maximum absolute atomic E-state index is 13.3. The van der Waals surface area contributed by atoms with Gasteiger partial charge in [-0.3, -0.25) is 14.7 Å². The van der Waals surface area contributed by atoms with E-state index >= 15 is 0 Å². The number of piperazine rings is 2.